The second-order valence-electron chi connectivity index (χ2n) is 3.57. The Labute approximate surface area is 123 Å². The first kappa shape index (κ1) is 14.0. The maximum atomic E-state index is 5.93. The lowest BCUT2D eigenvalue weighted by molar-refractivity contribution is 0.372. The summed E-state index contributed by atoms with van der Waals surface area (Å²) < 4.78 is 11.3. The van der Waals surface area contributed by atoms with E-state index in [2.05, 4.69) is 25.9 Å². The summed E-state index contributed by atoms with van der Waals surface area (Å²) in [5, 5.41) is 0.552. The minimum Gasteiger partial charge on any atom is -0.480 e. The molecule has 0 spiro atoms. The van der Waals surface area contributed by atoms with Gasteiger partial charge in [0.2, 0.25) is 5.88 Å². The van der Waals surface area contributed by atoms with Crippen molar-refractivity contribution in [2.75, 3.05) is 7.11 Å². The second-order valence-corrected chi connectivity index (χ2v) is 4.86. The Hall–Kier alpha value is -1.37. The van der Waals surface area contributed by atoms with E-state index in [4.69, 9.17) is 26.8 Å². The van der Waals surface area contributed by atoms with Gasteiger partial charge in [-0.1, -0.05) is 17.7 Å². The van der Waals surface area contributed by atoms with Gasteiger partial charge in [-0.25, -0.2) is 4.98 Å². The SMILES string of the molecule is COc1nc(Oc2cc(Cl)ccc2CN)ncc1Br. The number of nitrogens with two attached hydrogens (primary N) is 1. The van der Waals surface area contributed by atoms with Gasteiger partial charge in [-0.15, -0.1) is 0 Å². The van der Waals surface area contributed by atoms with Crippen molar-refractivity contribution in [3.63, 3.8) is 0 Å². The van der Waals surface area contributed by atoms with Crippen molar-refractivity contribution >= 4 is 27.5 Å². The average Bonchev–Trinajstić information content (AvgIpc) is 2.41. The largest absolute Gasteiger partial charge is 0.480 e. The lowest BCUT2D eigenvalue weighted by Crippen LogP contribution is -2.01. The van der Waals surface area contributed by atoms with Gasteiger partial charge in [0, 0.05) is 17.1 Å². The van der Waals surface area contributed by atoms with Crippen LogP contribution < -0.4 is 15.2 Å². The highest BCUT2D eigenvalue weighted by atomic mass is 79.9. The van der Waals surface area contributed by atoms with Gasteiger partial charge in [0.15, 0.2) is 0 Å². The highest BCUT2D eigenvalue weighted by molar-refractivity contribution is 9.10. The summed E-state index contributed by atoms with van der Waals surface area (Å²) in [6.45, 7) is 0.333. The van der Waals surface area contributed by atoms with Gasteiger partial charge < -0.3 is 15.2 Å². The summed E-state index contributed by atoms with van der Waals surface area (Å²) >= 11 is 9.20. The van der Waals surface area contributed by atoms with Crippen LogP contribution in [0.1, 0.15) is 5.56 Å². The van der Waals surface area contributed by atoms with E-state index in [-0.39, 0.29) is 6.01 Å². The van der Waals surface area contributed by atoms with Gasteiger partial charge in [-0.05, 0) is 28.1 Å². The number of aromatic nitrogens is 2. The minimum atomic E-state index is 0.164. The fourth-order valence-corrected chi connectivity index (χ4v) is 1.93. The van der Waals surface area contributed by atoms with Crippen LogP contribution in [0.15, 0.2) is 28.9 Å². The molecule has 1 aromatic carbocycles. The molecule has 100 valence electrons. The molecule has 0 aliphatic heterocycles. The van der Waals surface area contributed by atoms with Crippen molar-refractivity contribution < 1.29 is 9.47 Å². The highest BCUT2D eigenvalue weighted by Gasteiger charge is 2.10. The quantitative estimate of drug-likeness (QED) is 0.922. The molecule has 0 amide bonds. The lowest BCUT2D eigenvalue weighted by atomic mass is 10.2. The maximum absolute atomic E-state index is 5.93. The van der Waals surface area contributed by atoms with E-state index in [1.807, 2.05) is 0 Å². The number of methoxy groups -OCH3 is 1. The number of hydrogen-bond acceptors (Lipinski definition) is 5. The van der Waals surface area contributed by atoms with E-state index in [0.717, 1.165) is 5.56 Å². The standard InChI is InChI=1S/C12H11BrClN3O2/c1-18-11-9(13)6-16-12(17-11)19-10-4-8(14)3-2-7(10)5-15/h2-4,6H,5,15H2,1H3. The van der Waals surface area contributed by atoms with Crippen LogP contribution in [0.3, 0.4) is 0 Å². The molecular formula is C12H11BrClN3O2. The van der Waals surface area contributed by atoms with E-state index in [1.165, 1.54) is 7.11 Å². The molecule has 0 aliphatic rings. The summed E-state index contributed by atoms with van der Waals surface area (Å²) in [6, 6.07) is 5.38. The Morgan fingerprint density at radius 3 is 2.89 bits per heavy atom. The lowest BCUT2D eigenvalue weighted by Gasteiger charge is -2.10. The molecule has 7 heteroatoms. The smallest absolute Gasteiger partial charge is 0.325 e. The molecule has 0 unspecified atom stereocenters. The summed E-state index contributed by atoms with van der Waals surface area (Å²) in [5.41, 5.74) is 6.45. The Kier molecular flexibility index (Phi) is 4.57. The van der Waals surface area contributed by atoms with Crippen LogP contribution in [0, 0.1) is 0 Å². The monoisotopic (exact) mass is 343 g/mol. The molecule has 2 rings (SSSR count). The topological polar surface area (TPSA) is 70.3 Å². The van der Waals surface area contributed by atoms with Crippen molar-refractivity contribution in [3.8, 4) is 17.6 Å². The first-order valence-electron chi connectivity index (χ1n) is 5.37. The highest BCUT2D eigenvalue weighted by Crippen LogP contribution is 2.29. The van der Waals surface area contributed by atoms with Crippen LogP contribution in [0.2, 0.25) is 5.02 Å². The summed E-state index contributed by atoms with van der Waals surface area (Å²) in [7, 11) is 1.52. The molecule has 0 saturated heterocycles. The van der Waals surface area contributed by atoms with Gasteiger partial charge in [-0.3, -0.25) is 0 Å². The first-order chi connectivity index (χ1) is 9.13. The van der Waals surface area contributed by atoms with Crippen molar-refractivity contribution in [2.45, 2.75) is 6.54 Å². The third-order valence-corrected chi connectivity index (χ3v) is 3.11. The Morgan fingerprint density at radius 1 is 1.42 bits per heavy atom. The molecule has 0 aliphatic carbocycles. The van der Waals surface area contributed by atoms with Gasteiger partial charge in [0.1, 0.15) is 5.75 Å². The third kappa shape index (κ3) is 3.34. The van der Waals surface area contributed by atoms with Gasteiger partial charge in [-0.2, -0.15) is 4.98 Å². The van der Waals surface area contributed by atoms with Crippen molar-refractivity contribution in [2.24, 2.45) is 5.73 Å². The van der Waals surface area contributed by atoms with Crippen LogP contribution in [0.4, 0.5) is 0 Å². The summed E-state index contributed by atoms with van der Waals surface area (Å²) in [5.74, 6) is 0.917. The van der Waals surface area contributed by atoms with Crippen LogP contribution in [-0.2, 0) is 6.54 Å². The van der Waals surface area contributed by atoms with Gasteiger partial charge in [0.25, 0.3) is 0 Å². The third-order valence-electron chi connectivity index (χ3n) is 2.33. The minimum absolute atomic E-state index is 0.164. The summed E-state index contributed by atoms with van der Waals surface area (Å²) in [6.07, 6.45) is 1.55. The Bertz CT molecular complexity index is 595. The summed E-state index contributed by atoms with van der Waals surface area (Å²) in [4.78, 5) is 8.15. The van der Waals surface area contributed by atoms with E-state index in [0.29, 0.717) is 27.7 Å². The van der Waals surface area contributed by atoms with Crippen molar-refractivity contribution in [3.05, 3.63) is 39.5 Å². The number of rotatable bonds is 4. The number of halogens is 2. The van der Waals surface area contributed by atoms with E-state index < -0.39 is 0 Å². The van der Waals surface area contributed by atoms with E-state index >= 15 is 0 Å². The molecule has 0 bridgehead atoms. The van der Waals surface area contributed by atoms with Crippen molar-refractivity contribution in [1.82, 2.24) is 9.97 Å². The number of nitrogens with zero attached hydrogens (tertiary/aromatic N) is 2. The second kappa shape index (κ2) is 6.18. The zero-order valence-electron chi connectivity index (χ0n) is 10.1. The fraction of sp³-hybridized carbons (Fsp3) is 0.167. The van der Waals surface area contributed by atoms with Crippen LogP contribution in [0.25, 0.3) is 0 Å². The molecule has 19 heavy (non-hydrogen) atoms. The van der Waals surface area contributed by atoms with Crippen LogP contribution >= 0.6 is 27.5 Å². The van der Waals surface area contributed by atoms with E-state index in [1.54, 1.807) is 24.4 Å². The molecule has 1 aromatic heterocycles. The molecule has 2 N–H and O–H groups in total. The Morgan fingerprint density at radius 2 is 2.21 bits per heavy atom. The number of benzene rings is 1. The van der Waals surface area contributed by atoms with Crippen LogP contribution in [-0.4, -0.2) is 17.1 Å². The van der Waals surface area contributed by atoms with Crippen molar-refractivity contribution in [1.29, 1.82) is 0 Å². The van der Waals surface area contributed by atoms with Gasteiger partial charge >= 0.3 is 6.01 Å². The Balaban J connectivity index is 2.33. The predicted octanol–water partition coefficient (Wildman–Crippen LogP) is 3.15. The molecule has 0 saturated carbocycles. The zero-order valence-corrected chi connectivity index (χ0v) is 12.4. The predicted molar refractivity (Wildman–Crippen MR) is 75.7 cm³/mol. The molecule has 1 heterocycles. The number of hydrogen-bond donors (Lipinski definition) is 1. The molecule has 0 radical (unpaired) electrons. The molecule has 5 nitrogen and oxygen atoms in total. The number of ether oxygens (including phenoxy) is 2. The van der Waals surface area contributed by atoms with E-state index in [9.17, 15) is 0 Å². The zero-order chi connectivity index (χ0) is 13.8. The molecule has 2 aromatic rings. The van der Waals surface area contributed by atoms with Crippen LogP contribution in [0.5, 0.6) is 17.6 Å². The first-order valence-corrected chi connectivity index (χ1v) is 6.54. The average molecular weight is 345 g/mol. The molecular weight excluding hydrogens is 334 g/mol. The maximum Gasteiger partial charge on any atom is 0.325 e. The molecule has 0 fully saturated rings. The molecule has 0 atom stereocenters. The fourth-order valence-electron chi connectivity index (χ4n) is 1.42. The normalized spacial score (nSPS) is 10.3. The van der Waals surface area contributed by atoms with Gasteiger partial charge in [0.05, 0.1) is 17.8 Å².